The van der Waals surface area contributed by atoms with Gasteiger partial charge in [0.05, 0.1) is 24.8 Å². The SMILES string of the molecule is O=Nc1c(O)n(Cc2cn(Cc3ccccc3)nn2)c2ccc(F)cc12. The maximum absolute atomic E-state index is 13.5. The minimum Gasteiger partial charge on any atom is -0.493 e. The van der Waals surface area contributed by atoms with Crippen molar-refractivity contribution in [3.63, 3.8) is 0 Å². The zero-order valence-electron chi connectivity index (χ0n) is 13.6. The normalized spacial score (nSPS) is 11.1. The number of nitroso groups, excluding NO2 is 1. The van der Waals surface area contributed by atoms with E-state index in [1.807, 2.05) is 30.3 Å². The van der Waals surface area contributed by atoms with Gasteiger partial charge in [0, 0.05) is 5.39 Å². The predicted octanol–water partition coefficient (Wildman–Crippen LogP) is 3.57. The molecule has 4 aromatic rings. The number of nitrogens with zero attached hydrogens (tertiary/aromatic N) is 5. The Labute approximate surface area is 147 Å². The molecule has 2 heterocycles. The van der Waals surface area contributed by atoms with E-state index in [4.69, 9.17) is 0 Å². The summed E-state index contributed by atoms with van der Waals surface area (Å²) >= 11 is 0. The molecule has 0 fully saturated rings. The molecule has 2 aromatic heterocycles. The molecule has 0 aliphatic heterocycles. The second-order valence-corrected chi connectivity index (χ2v) is 5.90. The number of benzene rings is 2. The van der Waals surface area contributed by atoms with Gasteiger partial charge in [0.15, 0.2) is 5.69 Å². The summed E-state index contributed by atoms with van der Waals surface area (Å²) in [4.78, 5) is 11.0. The molecule has 7 nitrogen and oxygen atoms in total. The Balaban J connectivity index is 1.66. The fraction of sp³-hybridized carbons (Fsp3) is 0.111. The lowest BCUT2D eigenvalue weighted by Crippen LogP contribution is -2.00. The number of hydrogen-bond acceptors (Lipinski definition) is 5. The second kappa shape index (κ2) is 6.40. The molecule has 8 heteroatoms. The third-order valence-corrected chi connectivity index (χ3v) is 4.16. The fourth-order valence-corrected chi connectivity index (χ4v) is 2.97. The van der Waals surface area contributed by atoms with Gasteiger partial charge in [0.25, 0.3) is 0 Å². The van der Waals surface area contributed by atoms with Gasteiger partial charge in [-0.2, -0.15) is 0 Å². The summed E-state index contributed by atoms with van der Waals surface area (Å²) in [5.74, 6) is -0.827. The van der Waals surface area contributed by atoms with Crippen molar-refractivity contribution in [3.8, 4) is 5.88 Å². The molecule has 130 valence electrons. The van der Waals surface area contributed by atoms with E-state index >= 15 is 0 Å². The lowest BCUT2D eigenvalue weighted by atomic mass is 10.2. The van der Waals surface area contributed by atoms with Crippen LogP contribution in [0.2, 0.25) is 0 Å². The monoisotopic (exact) mass is 351 g/mol. The molecule has 0 unspecified atom stereocenters. The van der Waals surface area contributed by atoms with Crippen molar-refractivity contribution in [1.82, 2.24) is 19.6 Å². The van der Waals surface area contributed by atoms with E-state index in [2.05, 4.69) is 15.5 Å². The predicted molar refractivity (Wildman–Crippen MR) is 93.7 cm³/mol. The van der Waals surface area contributed by atoms with Crippen LogP contribution in [-0.4, -0.2) is 24.7 Å². The average molecular weight is 351 g/mol. The van der Waals surface area contributed by atoms with E-state index in [-0.39, 0.29) is 23.5 Å². The number of aromatic hydroxyl groups is 1. The molecule has 0 amide bonds. The summed E-state index contributed by atoms with van der Waals surface area (Å²) in [6, 6.07) is 13.7. The first-order chi connectivity index (χ1) is 12.7. The zero-order chi connectivity index (χ0) is 18.1. The number of aromatic nitrogens is 4. The lowest BCUT2D eigenvalue weighted by molar-refractivity contribution is 0.429. The van der Waals surface area contributed by atoms with Crippen molar-refractivity contribution < 1.29 is 9.50 Å². The highest BCUT2D eigenvalue weighted by Crippen LogP contribution is 2.39. The second-order valence-electron chi connectivity index (χ2n) is 5.90. The van der Waals surface area contributed by atoms with E-state index in [0.29, 0.717) is 17.8 Å². The molecular formula is C18H14FN5O2. The molecule has 1 N–H and O–H groups in total. The molecule has 0 aliphatic carbocycles. The van der Waals surface area contributed by atoms with E-state index in [9.17, 15) is 14.4 Å². The zero-order valence-corrected chi connectivity index (χ0v) is 13.6. The molecule has 0 saturated heterocycles. The standard InChI is InChI=1S/C18H14FN5O2/c19-13-6-7-16-15(8-13)17(21-26)18(25)24(16)11-14-10-23(22-20-14)9-12-4-2-1-3-5-12/h1-8,10,25H,9,11H2. The highest BCUT2D eigenvalue weighted by atomic mass is 19.1. The van der Waals surface area contributed by atoms with Gasteiger partial charge in [0.1, 0.15) is 11.5 Å². The molecule has 0 saturated carbocycles. The van der Waals surface area contributed by atoms with Crippen LogP contribution < -0.4 is 0 Å². The summed E-state index contributed by atoms with van der Waals surface area (Å²) in [6.45, 7) is 0.747. The minimum absolute atomic E-state index is 0.179. The summed E-state index contributed by atoms with van der Waals surface area (Å²) in [5, 5.41) is 21.6. The van der Waals surface area contributed by atoms with Gasteiger partial charge in [-0.1, -0.05) is 35.5 Å². The third-order valence-electron chi connectivity index (χ3n) is 4.16. The Kier molecular flexibility index (Phi) is 3.92. The molecule has 0 aliphatic rings. The number of hydrogen-bond donors (Lipinski definition) is 1. The van der Waals surface area contributed by atoms with Crippen LogP contribution in [0.4, 0.5) is 10.1 Å². The maximum Gasteiger partial charge on any atom is 0.222 e. The van der Waals surface area contributed by atoms with Crippen LogP contribution >= 0.6 is 0 Å². The molecule has 2 aromatic carbocycles. The van der Waals surface area contributed by atoms with Crippen LogP contribution in [0.1, 0.15) is 11.3 Å². The summed E-state index contributed by atoms with van der Waals surface area (Å²) < 4.78 is 16.6. The van der Waals surface area contributed by atoms with E-state index < -0.39 is 5.82 Å². The van der Waals surface area contributed by atoms with Gasteiger partial charge in [-0.05, 0) is 28.9 Å². The maximum atomic E-state index is 13.5. The van der Waals surface area contributed by atoms with Gasteiger partial charge in [0.2, 0.25) is 5.88 Å². The Bertz CT molecular complexity index is 1090. The van der Waals surface area contributed by atoms with Crippen LogP contribution in [0.25, 0.3) is 10.9 Å². The summed E-state index contributed by atoms with van der Waals surface area (Å²) in [7, 11) is 0. The quantitative estimate of drug-likeness (QED) is 0.557. The highest BCUT2D eigenvalue weighted by Gasteiger charge is 2.19. The van der Waals surface area contributed by atoms with Crippen molar-refractivity contribution in [2.24, 2.45) is 5.18 Å². The highest BCUT2D eigenvalue weighted by molar-refractivity contribution is 5.95. The molecule has 4 rings (SSSR count). The van der Waals surface area contributed by atoms with Crippen LogP contribution in [0.15, 0.2) is 59.9 Å². The average Bonchev–Trinajstić information content (AvgIpc) is 3.18. The molecule has 0 atom stereocenters. The van der Waals surface area contributed by atoms with E-state index in [0.717, 1.165) is 5.56 Å². The van der Waals surface area contributed by atoms with Gasteiger partial charge in [-0.25, -0.2) is 9.07 Å². The molecule has 0 bridgehead atoms. The number of rotatable bonds is 5. The Morgan fingerprint density at radius 2 is 1.92 bits per heavy atom. The first-order valence-corrected chi connectivity index (χ1v) is 7.92. The van der Waals surface area contributed by atoms with Gasteiger partial charge >= 0.3 is 0 Å². The van der Waals surface area contributed by atoms with Crippen molar-refractivity contribution in [2.45, 2.75) is 13.1 Å². The largest absolute Gasteiger partial charge is 0.493 e. The minimum atomic E-state index is -0.506. The van der Waals surface area contributed by atoms with Crippen LogP contribution in [0.5, 0.6) is 5.88 Å². The molecule has 0 spiro atoms. The third kappa shape index (κ3) is 2.81. The van der Waals surface area contributed by atoms with Crippen molar-refractivity contribution in [2.75, 3.05) is 0 Å². The summed E-state index contributed by atoms with van der Waals surface area (Å²) in [5.41, 5.74) is 1.99. The fourth-order valence-electron chi connectivity index (χ4n) is 2.97. The topological polar surface area (TPSA) is 85.3 Å². The molecule has 0 radical (unpaired) electrons. The van der Waals surface area contributed by atoms with Gasteiger partial charge in [-0.15, -0.1) is 10.0 Å². The van der Waals surface area contributed by atoms with Crippen molar-refractivity contribution in [3.05, 3.63) is 76.7 Å². The van der Waals surface area contributed by atoms with E-state index in [1.54, 1.807) is 10.9 Å². The molecule has 26 heavy (non-hydrogen) atoms. The van der Waals surface area contributed by atoms with Gasteiger partial charge < -0.3 is 9.67 Å². The Morgan fingerprint density at radius 3 is 2.69 bits per heavy atom. The van der Waals surface area contributed by atoms with Crippen LogP contribution in [0, 0.1) is 10.7 Å². The van der Waals surface area contributed by atoms with E-state index in [1.165, 1.54) is 22.8 Å². The van der Waals surface area contributed by atoms with Gasteiger partial charge in [-0.3, -0.25) is 0 Å². The van der Waals surface area contributed by atoms with Crippen molar-refractivity contribution >= 4 is 16.6 Å². The lowest BCUT2D eigenvalue weighted by Gasteiger charge is -2.04. The Hall–Kier alpha value is -3.55. The first kappa shape index (κ1) is 15.9. The number of halogens is 1. The molecular weight excluding hydrogens is 337 g/mol. The van der Waals surface area contributed by atoms with Crippen LogP contribution in [0.3, 0.4) is 0 Å². The first-order valence-electron chi connectivity index (χ1n) is 7.92. The van der Waals surface area contributed by atoms with Crippen LogP contribution in [-0.2, 0) is 13.1 Å². The summed E-state index contributed by atoms with van der Waals surface area (Å²) in [6.07, 6.45) is 1.76. The Morgan fingerprint density at radius 1 is 1.12 bits per heavy atom. The smallest absolute Gasteiger partial charge is 0.222 e. The number of fused-ring (bicyclic) bond motifs is 1. The van der Waals surface area contributed by atoms with Crippen molar-refractivity contribution in [1.29, 1.82) is 0 Å².